The largest absolute Gasteiger partial charge is 0.352 e. The van der Waals surface area contributed by atoms with Gasteiger partial charge in [-0.05, 0) is 40.5 Å². The van der Waals surface area contributed by atoms with Crippen LogP contribution < -0.4 is 10.2 Å². The van der Waals surface area contributed by atoms with Gasteiger partial charge in [0, 0.05) is 30.9 Å². The summed E-state index contributed by atoms with van der Waals surface area (Å²) >= 11 is 3.45. The van der Waals surface area contributed by atoms with Crippen molar-refractivity contribution in [2.24, 2.45) is 0 Å². The Kier molecular flexibility index (Phi) is 6.55. The van der Waals surface area contributed by atoms with Gasteiger partial charge in [0.15, 0.2) is 0 Å². The van der Waals surface area contributed by atoms with Crippen molar-refractivity contribution in [3.8, 4) is 0 Å². The van der Waals surface area contributed by atoms with E-state index < -0.39 is 0 Å². The molecular formula is C19H21BrN2O2. The Labute approximate surface area is 151 Å². The SMILES string of the molecule is CC(=O)N(CCC(=O)NCc1cccc(C)c1)c1ccccc1Br. The number of hydrogen-bond acceptors (Lipinski definition) is 2. The molecule has 126 valence electrons. The Morgan fingerprint density at radius 2 is 1.88 bits per heavy atom. The highest BCUT2D eigenvalue weighted by Gasteiger charge is 2.15. The first-order valence-electron chi connectivity index (χ1n) is 7.82. The number of rotatable bonds is 6. The molecule has 0 aliphatic carbocycles. The van der Waals surface area contributed by atoms with Gasteiger partial charge < -0.3 is 10.2 Å². The van der Waals surface area contributed by atoms with E-state index in [-0.39, 0.29) is 18.2 Å². The van der Waals surface area contributed by atoms with Crippen molar-refractivity contribution in [2.45, 2.75) is 26.8 Å². The fourth-order valence-corrected chi connectivity index (χ4v) is 2.94. The average Bonchev–Trinajstić information content (AvgIpc) is 2.54. The Morgan fingerprint density at radius 3 is 2.54 bits per heavy atom. The zero-order valence-corrected chi connectivity index (χ0v) is 15.5. The molecule has 0 radical (unpaired) electrons. The third kappa shape index (κ3) is 5.20. The molecule has 0 unspecified atom stereocenters. The molecule has 5 heteroatoms. The molecule has 1 N–H and O–H groups in total. The Bertz CT molecular complexity index is 731. The first kappa shape index (κ1) is 18.2. The second-order valence-electron chi connectivity index (χ2n) is 5.64. The van der Waals surface area contributed by atoms with Crippen LogP contribution in [0.4, 0.5) is 5.69 Å². The number of benzene rings is 2. The van der Waals surface area contributed by atoms with Gasteiger partial charge >= 0.3 is 0 Å². The summed E-state index contributed by atoms with van der Waals surface area (Å²) in [7, 11) is 0. The molecule has 2 aromatic rings. The minimum absolute atomic E-state index is 0.0743. The Hall–Kier alpha value is -2.14. The van der Waals surface area contributed by atoms with Crippen molar-refractivity contribution in [2.75, 3.05) is 11.4 Å². The lowest BCUT2D eigenvalue weighted by atomic mass is 10.1. The third-order valence-electron chi connectivity index (χ3n) is 3.66. The van der Waals surface area contributed by atoms with E-state index in [0.29, 0.717) is 13.1 Å². The summed E-state index contributed by atoms with van der Waals surface area (Å²) in [5.74, 6) is -0.164. The third-order valence-corrected chi connectivity index (χ3v) is 4.33. The average molecular weight is 389 g/mol. The lowest BCUT2D eigenvalue weighted by Crippen LogP contribution is -2.34. The Balaban J connectivity index is 1.91. The number of hydrogen-bond donors (Lipinski definition) is 1. The lowest BCUT2D eigenvalue weighted by Gasteiger charge is -2.22. The molecule has 0 aromatic heterocycles. The molecule has 0 spiro atoms. The van der Waals surface area contributed by atoms with E-state index >= 15 is 0 Å². The van der Waals surface area contributed by atoms with Crippen LogP contribution in [0.5, 0.6) is 0 Å². The molecule has 2 amide bonds. The van der Waals surface area contributed by atoms with Crippen LogP contribution in [0.15, 0.2) is 53.0 Å². The number of anilines is 1. The van der Waals surface area contributed by atoms with Gasteiger partial charge in [0.05, 0.1) is 5.69 Å². The second-order valence-corrected chi connectivity index (χ2v) is 6.49. The quantitative estimate of drug-likeness (QED) is 0.817. The van der Waals surface area contributed by atoms with E-state index in [4.69, 9.17) is 0 Å². The normalized spacial score (nSPS) is 10.3. The predicted octanol–water partition coefficient (Wildman–Crippen LogP) is 3.82. The molecule has 0 aliphatic rings. The number of halogens is 1. The molecular weight excluding hydrogens is 368 g/mol. The molecule has 0 heterocycles. The van der Waals surface area contributed by atoms with Gasteiger partial charge in [-0.15, -0.1) is 0 Å². The van der Waals surface area contributed by atoms with Crippen LogP contribution in [0.3, 0.4) is 0 Å². The van der Waals surface area contributed by atoms with Crippen LogP contribution in [0, 0.1) is 6.92 Å². The van der Waals surface area contributed by atoms with Crippen molar-refractivity contribution in [1.82, 2.24) is 5.32 Å². The molecule has 0 saturated carbocycles. The van der Waals surface area contributed by atoms with E-state index in [0.717, 1.165) is 15.7 Å². The fourth-order valence-electron chi connectivity index (χ4n) is 2.44. The second kappa shape index (κ2) is 8.64. The van der Waals surface area contributed by atoms with Crippen molar-refractivity contribution >= 4 is 33.4 Å². The van der Waals surface area contributed by atoms with Gasteiger partial charge in [-0.1, -0.05) is 42.0 Å². The van der Waals surface area contributed by atoms with Gasteiger partial charge in [-0.2, -0.15) is 0 Å². The first-order chi connectivity index (χ1) is 11.5. The summed E-state index contributed by atoms with van der Waals surface area (Å²) in [4.78, 5) is 25.6. The van der Waals surface area contributed by atoms with Gasteiger partial charge in [0.1, 0.15) is 0 Å². The van der Waals surface area contributed by atoms with E-state index in [2.05, 4.69) is 21.2 Å². The van der Waals surface area contributed by atoms with Crippen LogP contribution in [0.25, 0.3) is 0 Å². The highest BCUT2D eigenvalue weighted by Crippen LogP contribution is 2.25. The van der Waals surface area contributed by atoms with E-state index in [1.165, 1.54) is 12.5 Å². The molecule has 0 saturated heterocycles. The molecule has 0 bridgehead atoms. The summed E-state index contributed by atoms with van der Waals surface area (Å²) in [5, 5.41) is 2.90. The molecule has 0 fully saturated rings. The zero-order valence-electron chi connectivity index (χ0n) is 13.9. The highest BCUT2D eigenvalue weighted by molar-refractivity contribution is 9.10. The number of para-hydroxylation sites is 1. The lowest BCUT2D eigenvalue weighted by molar-refractivity contribution is -0.121. The number of nitrogens with zero attached hydrogens (tertiary/aromatic N) is 1. The Morgan fingerprint density at radius 1 is 1.12 bits per heavy atom. The number of amides is 2. The number of aryl methyl sites for hydroxylation is 1. The fraction of sp³-hybridized carbons (Fsp3) is 0.263. The summed E-state index contributed by atoms with van der Waals surface area (Å²) < 4.78 is 0.834. The topological polar surface area (TPSA) is 49.4 Å². The monoisotopic (exact) mass is 388 g/mol. The van der Waals surface area contributed by atoms with Crippen LogP contribution in [0.2, 0.25) is 0 Å². The molecule has 0 atom stereocenters. The van der Waals surface area contributed by atoms with Crippen molar-refractivity contribution in [1.29, 1.82) is 0 Å². The van der Waals surface area contributed by atoms with Crippen LogP contribution in [0.1, 0.15) is 24.5 Å². The van der Waals surface area contributed by atoms with E-state index in [1.807, 2.05) is 55.5 Å². The van der Waals surface area contributed by atoms with E-state index in [9.17, 15) is 9.59 Å². The van der Waals surface area contributed by atoms with Gasteiger partial charge in [-0.25, -0.2) is 0 Å². The molecule has 0 aliphatic heterocycles. The summed E-state index contributed by atoms with van der Waals surface area (Å²) in [5.41, 5.74) is 3.01. The molecule has 2 rings (SSSR count). The minimum atomic E-state index is -0.0895. The summed E-state index contributed by atoms with van der Waals surface area (Å²) in [6.07, 6.45) is 0.257. The first-order valence-corrected chi connectivity index (χ1v) is 8.61. The number of carbonyl (C=O) groups is 2. The maximum Gasteiger partial charge on any atom is 0.223 e. The number of nitrogens with one attached hydrogen (secondary N) is 1. The van der Waals surface area contributed by atoms with Gasteiger partial charge in [0.25, 0.3) is 0 Å². The predicted molar refractivity (Wildman–Crippen MR) is 99.8 cm³/mol. The maximum absolute atomic E-state index is 12.1. The standard InChI is InChI=1S/C19H21BrN2O2/c1-14-6-5-7-16(12-14)13-21-19(24)10-11-22(15(2)23)18-9-4-3-8-17(18)20/h3-9,12H,10-11,13H2,1-2H3,(H,21,24). The van der Waals surface area contributed by atoms with Crippen LogP contribution in [-0.4, -0.2) is 18.4 Å². The zero-order chi connectivity index (χ0) is 17.5. The van der Waals surface area contributed by atoms with Crippen molar-refractivity contribution in [3.05, 3.63) is 64.1 Å². The van der Waals surface area contributed by atoms with Crippen LogP contribution >= 0.6 is 15.9 Å². The molecule has 24 heavy (non-hydrogen) atoms. The van der Waals surface area contributed by atoms with Crippen LogP contribution in [-0.2, 0) is 16.1 Å². The van der Waals surface area contributed by atoms with E-state index in [1.54, 1.807) is 4.90 Å². The highest BCUT2D eigenvalue weighted by atomic mass is 79.9. The minimum Gasteiger partial charge on any atom is -0.352 e. The van der Waals surface area contributed by atoms with Gasteiger partial charge in [-0.3, -0.25) is 9.59 Å². The smallest absolute Gasteiger partial charge is 0.223 e. The molecule has 2 aromatic carbocycles. The summed E-state index contributed by atoms with van der Waals surface area (Å²) in [6, 6.07) is 15.5. The number of carbonyl (C=O) groups excluding carboxylic acids is 2. The van der Waals surface area contributed by atoms with Crippen molar-refractivity contribution in [3.63, 3.8) is 0 Å². The maximum atomic E-state index is 12.1. The van der Waals surface area contributed by atoms with Gasteiger partial charge in [0.2, 0.25) is 11.8 Å². The molecule has 4 nitrogen and oxygen atoms in total. The van der Waals surface area contributed by atoms with Crippen molar-refractivity contribution < 1.29 is 9.59 Å². The summed E-state index contributed by atoms with van der Waals surface area (Å²) in [6.45, 7) is 4.37.